The van der Waals surface area contributed by atoms with Crippen LogP contribution in [-0.2, 0) is 23.0 Å². The monoisotopic (exact) mass is 348 g/mol. The van der Waals surface area contributed by atoms with Crippen LogP contribution in [0.15, 0.2) is 35.5 Å². The molecule has 0 bridgehead atoms. The molecule has 1 saturated carbocycles. The van der Waals surface area contributed by atoms with Gasteiger partial charge in [-0.2, -0.15) is 0 Å². The summed E-state index contributed by atoms with van der Waals surface area (Å²) < 4.78 is 35.3. The van der Waals surface area contributed by atoms with E-state index in [0.717, 1.165) is 37.1 Å². The maximum Gasteiger partial charge on any atom is 0.240 e. The van der Waals surface area contributed by atoms with Crippen molar-refractivity contribution in [3.05, 3.63) is 36.2 Å². The topological polar surface area (TPSA) is 86.1 Å². The molecule has 1 atom stereocenters. The standard InChI is InChI=1S/C16H20N4O3S/c1-11-6-13-9-15(2-3-16(13)23-11)24(21,22)18-14-7-12(8-14)10-20-5-4-17-19-20/h2-5,9,11-12,14,18H,6-8,10H2,1H3. The molecule has 4 rings (SSSR count). The Bertz CT molecular complexity index is 829. The summed E-state index contributed by atoms with van der Waals surface area (Å²) >= 11 is 0. The number of rotatable bonds is 5. The lowest BCUT2D eigenvalue weighted by atomic mass is 9.81. The van der Waals surface area contributed by atoms with Crippen molar-refractivity contribution in [1.29, 1.82) is 0 Å². The fourth-order valence-corrected chi connectivity index (χ4v) is 4.74. The highest BCUT2D eigenvalue weighted by molar-refractivity contribution is 7.89. The van der Waals surface area contributed by atoms with Crippen LogP contribution in [-0.4, -0.2) is 35.6 Å². The number of nitrogens with one attached hydrogen (secondary N) is 1. The van der Waals surface area contributed by atoms with Crippen molar-refractivity contribution in [3.63, 3.8) is 0 Å². The van der Waals surface area contributed by atoms with Crippen LogP contribution in [0.1, 0.15) is 25.3 Å². The number of ether oxygens (including phenoxy) is 1. The number of hydrogen-bond donors (Lipinski definition) is 1. The lowest BCUT2D eigenvalue weighted by Crippen LogP contribution is -2.45. The fraction of sp³-hybridized carbons (Fsp3) is 0.500. The Hall–Kier alpha value is -1.93. The quantitative estimate of drug-likeness (QED) is 0.882. The summed E-state index contributed by atoms with van der Waals surface area (Å²) in [6.45, 7) is 2.77. The summed E-state index contributed by atoms with van der Waals surface area (Å²) in [6.07, 6.45) is 5.98. The molecule has 0 radical (unpaired) electrons. The minimum atomic E-state index is -3.49. The molecule has 7 nitrogen and oxygen atoms in total. The van der Waals surface area contributed by atoms with Gasteiger partial charge in [0.05, 0.1) is 11.1 Å². The average molecular weight is 348 g/mol. The van der Waals surface area contributed by atoms with E-state index in [2.05, 4.69) is 15.0 Å². The smallest absolute Gasteiger partial charge is 0.240 e. The van der Waals surface area contributed by atoms with Crippen LogP contribution < -0.4 is 9.46 Å². The summed E-state index contributed by atoms with van der Waals surface area (Å²) in [5, 5.41) is 7.72. The molecule has 8 heteroatoms. The Labute approximate surface area is 141 Å². The molecule has 0 saturated heterocycles. The van der Waals surface area contributed by atoms with E-state index in [4.69, 9.17) is 4.74 Å². The van der Waals surface area contributed by atoms with Gasteiger partial charge in [-0.05, 0) is 49.4 Å². The number of sulfonamides is 1. The molecule has 2 aromatic rings. The van der Waals surface area contributed by atoms with E-state index in [9.17, 15) is 8.42 Å². The van der Waals surface area contributed by atoms with Gasteiger partial charge in [-0.3, -0.25) is 4.68 Å². The van der Waals surface area contributed by atoms with Crippen molar-refractivity contribution >= 4 is 10.0 Å². The van der Waals surface area contributed by atoms with E-state index in [1.807, 2.05) is 13.1 Å². The Morgan fingerprint density at radius 2 is 2.21 bits per heavy atom. The number of benzene rings is 1. The lowest BCUT2D eigenvalue weighted by molar-refractivity contribution is 0.212. The normalized spacial score (nSPS) is 25.8. The van der Waals surface area contributed by atoms with E-state index in [-0.39, 0.29) is 12.1 Å². The van der Waals surface area contributed by atoms with Crippen LogP contribution in [0.4, 0.5) is 0 Å². The van der Waals surface area contributed by atoms with Gasteiger partial charge < -0.3 is 4.74 Å². The zero-order valence-electron chi connectivity index (χ0n) is 13.4. The van der Waals surface area contributed by atoms with Crippen molar-refractivity contribution in [3.8, 4) is 5.75 Å². The van der Waals surface area contributed by atoms with Gasteiger partial charge in [0, 0.05) is 25.2 Å². The van der Waals surface area contributed by atoms with Crippen LogP contribution in [0.25, 0.3) is 0 Å². The third-order valence-electron chi connectivity index (χ3n) is 4.65. The van der Waals surface area contributed by atoms with Crippen molar-refractivity contribution < 1.29 is 13.2 Å². The second kappa shape index (κ2) is 5.86. The second-order valence-corrected chi connectivity index (χ2v) is 8.40. The zero-order valence-corrected chi connectivity index (χ0v) is 14.2. The van der Waals surface area contributed by atoms with Crippen LogP contribution in [0.2, 0.25) is 0 Å². The first kappa shape index (κ1) is 15.6. The van der Waals surface area contributed by atoms with E-state index in [1.54, 1.807) is 29.1 Å². The number of aromatic nitrogens is 3. The van der Waals surface area contributed by atoms with Crippen LogP contribution in [0.5, 0.6) is 5.75 Å². The predicted molar refractivity (Wildman–Crippen MR) is 87.1 cm³/mol. The first-order chi connectivity index (χ1) is 11.5. The molecule has 1 N–H and O–H groups in total. The Morgan fingerprint density at radius 3 is 2.96 bits per heavy atom. The Kier molecular flexibility index (Phi) is 3.80. The molecule has 1 fully saturated rings. The maximum atomic E-state index is 12.6. The molecular weight excluding hydrogens is 328 g/mol. The molecule has 1 aliphatic carbocycles. The SMILES string of the molecule is CC1Cc2cc(S(=O)(=O)NC3CC(Cn4ccnn4)C3)ccc2O1. The summed E-state index contributed by atoms with van der Waals surface area (Å²) in [4.78, 5) is 0.318. The lowest BCUT2D eigenvalue weighted by Gasteiger charge is -2.35. The largest absolute Gasteiger partial charge is 0.490 e. The fourth-order valence-electron chi connectivity index (χ4n) is 3.43. The van der Waals surface area contributed by atoms with Crippen molar-refractivity contribution in [1.82, 2.24) is 19.7 Å². The highest BCUT2D eigenvalue weighted by Crippen LogP contribution is 2.32. The molecule has 1 unspecified atom stereocenters. The number of hydrogen-bond acceptors (Lipinski definition) is 5. The molecule has 2 aliphatic rings. The molecule has 1 aliphatic heterocycles. The van der Waals surface area contributed by atoms with Crippen molar-refractivity contribution in [2.75, 3.05) is 0 Å². The summed E-state index contributed by atoms with van der Waals surface area (Å²) in [6, 6.07) is 5.09. The van der Waals surface area contributed by atoms with Gasteiger partial charge in [0.2, 0.25) is 10.0 Å². The van der Waals surface area contributed by atoms with Gasteiger partial charge in [0.1, 0.15) is 11.9 Å². The minimum absolute atomic E-state index is 0.00745. The molecule has 24 heavy (non-hydrogen) atoms. The van der Waals surface area contributed by atoms with Gasteiger partial charge in [-0.15, -0.1) is 5.10 Å². The third kappa shape index (κ3) is 3.03. The van der Waals surface area contributed by atoms with Gasteiger partial charge in [0.15, 0.2) is 0 Å². The first-order valence-electron chi connectivity index (χ1n) is 8.15. The van der Waals surface area contributed by atoms with E-state index < -0.39 is 10.0 Å². The highest BCUT2D eigenvalue weighted by atomic mass is 32.2. The molecule has 1 aromatic carbocycles. The molecule has 1 aromatic heterocycles. The Morgan fingerprint density at radius 1 is 1.38 bits per heavy atom. The van der Waals surface area contributed by atoms with E-state index >= 15 is 0 Å². The summed E-state index contributed by atoms with van der Waals surface area (Å²) in [5.74, 6) is 1.23. The maximum absolute atomic E-state index is 12.6. The van der Waals surface area contributed by atoms with Crippen LogP contribution >= 0.6 is 0 Å². The number of nitrogens with zero attached hydrogens (tertiary/aromatic N) is 3. The van der Waals surface area contributed by atoms with Crippen molar-refractivity contribution in [2.24, 2.45) is 5.92 Å². The zero-order chi connectivity index (χ0) is 16.7. The molecule has 0 amide bonds. The summed E-state index contributed by atoms with van der Waals surface area (Å²) in [7, 11) is -3.49. The van der Waals surface area contributed by atoms with Gasteiger partial charge in [-0.25, -0.2) is 13.1 Å². The van der Waals surface area contributed by atoms with Gasteiger partial charge in [-0.1, -0.05) is 5.21 Å². The van der Waals surface area contributed by atoms with Crippen molar-refractivity contribution in [2.45, 2.75) is 49.8 Å². The number of fused-ring (bicyclic) bond motifs is 1. The second-order valence-electron chi connectivity index (χ2n) is 6.68. The van der Waals surface area contributed by atoms with E-state index in [0.29, 0.717) is 10.8 Å². The first-order valence-corrected chi connectivity index (χ1v) is 9.64. The third-order valence-corrected chi connectivity index (χ3v) is 6.17. The molecular formula is C16H20N4O3S. The molecule has 2 heterocycles. The van der Waals surface area contributed by atoms with E-state index in [1.165, 1.54) is 0 Å². The summed E-state index contributed by atoms with van der Waals surface area (Å²) in [5.41, 5.74) is 0.961. The van der Waals surface area contributed by atoms with Crippen LogP contribution in [0.3, 0.4) is 0 Å². The predicted octanol–water partition coefficient (Wildman–Crippen LogP) is 1.36. The van der Waals surface area contributed by atoms with Gasteiger partial charge in [0.25, 0.3) is 0 Å². The molecule has 128 valence electrons. The van der Waals surface area contributed by atoms with Crippen LogP contribution in [0, 0.1) is 5.92 Å². The Balaban J connectivity index is 1.37. The highest BCUT2D eigenvalue weighted by Gasteiger charge is 2.33. The minimum Gasteiger partial charge on any atom is -0.490 e. The average Bonchev–Trinajstić information content (AvgIpc) is 3.11. The molecule has 0 spiro atoms. The van der Waals surface area contributed by atoms with Gasteiger partial charge >= 0.3 is 0 Å².